The molecule has 2 aromatic heterocycles. The smallest absolute Gasteiger partial charge is 0.252 e. The van der Waals surface area contributed by atoms with E-state index in [4.69, 9.17) is 29.9 Å². The Bertz CT molecular complexity index is 4880. The lowest BCUT2D eigenvalue weighted by atomic mass is 9.33. The van der Waals surface area contributed by atoms with Crippen LogP contribution in [0.2, 0.25) is 0 Å². The number of anilines is 6. The second kappa shape index (κ2) is 26.4. The fourth-order valence-electron chi connectivity index (χ4n) is 15.1. The van der Waals surface area contributed by atoms with Gasteiger partial charge in [-0.3, -0.25) is 0 Å². The van der Waals surface area contributed by atoms with Crippen molar-refractivity contribution in [2.45, 2.75) is 209 Å². The van der Waals surface area contributed by atoms with Crippen LogP contribution < -0.4 is 26.2 Å². The van der Waals surface area contributed by atoms with E-state index >= 15 is 0 Å². The normalized spacial score (nSPS) is 13.6. The van der Waals surface area contributed by atoms with Gasteiger partial charge in [0.25, 0.3) is 6.71 Å². The lowest BCUT2D eigenvalue weighted by molar-refractivity contribution is 0.590. The Balaban J connectivity index is 1.15. The van der Waals surface area contributed by atoms with Gasteiger partial charge < -0.3 is 9.80 Å². The van der Waals surface area contributed by atoms with E-state index in [1.54, 1.807) is 0 Å². The first-order valence-corrected chi connectivity index (χ1v) is 38.4. The minimum absolute atomic E-state index is 0.0708. The number of benzene rings is 10. The molecule has 107 heavy (non-hydrogen) atoms. The Labute approximate surface area is 638 Å². The molecule has 0 bridgehead atoms. The maximum Gasteiger partial charge on any atom is 0.252 e. The Morgan fingerprint density at radius 3 is 0.710 bits per heavy atom. The van der Waals surface area contributed by atoms with Crippen LogP contribution in [0.5, 0.6) is 0 Å². The van der Waals surface area contributed by atoms with Crippen molar-refractivity contribution < 1.29 is 0 Å². The second-order valence-electron chi connectivity index (χ2n) is 38.3. The minimum atomic E-state index is -0.181. The lowest BCUT2D eigenvalue weighted by Crippen LogP contribution is -2.61. The van der Waals surface area contributed by atoms with Crippen LogP contribution in [0.4, 0.5) is 34.1 Å². The summed E-state index contributed by atoms with van der Waals surface area (Å²) in [6.45, 7) is 54.7. The molecule has 10 aromatic carbocycles. The van der Waals surface area contributed by atoms with Gasteiger partial charge in [-0.15, -0.1) is 0 Å². The molecule has 14 rings (SSSR count). The molecule has 2 aliphatic rings. The van der Waals surface area contributed by atoms with E-state index in [1.807, 2.05) is 0 Å². The predicted octanol–water partition coefficient (Wildman–Crippen LogP) is 24.2. The Kier molecular flexibility index (Phi) is 18.2. The second-order valence-corrected chi connectivity index (χ2v) is 38.3. The van der Waals surface area contributed by atoms with Crippen molar-refractivity contribution in [2.24, 2.45) is 0 Å². The monoisotopic (exact) mass is 1410 g/mol. The molecule has 0 saturated heterocycles. The van der Waals surface area contributed by atoms with E-state index in [2.05, 4.69) is 388 Å². The van der Waals surface area contributed by atoms with Gasteiger partial charge in [0, 0.05) is 73.1 Å². The summed E-state index contributed by atoms with van der Waals surface area (Å²) < 4.78 is 0. The standard InChI is InChI=1S/C98H107BN8/c1-91(2,3)65-36-28-60(29-37-65)85-100-86(61-30-38-66(39-31-61)92(4,5)6)103-89(102-85)75-26-25-27-76(90-104-87(62-32-40-67(41-33-62)93(7,8)9)101-88(105-90)63-34-42-68(43-35-63)94(10,11)12)83(75)64-56-81-84-82(57-64)107(74-52-46-70(47-53-74)96(16,17)18)80-55-49-72(98(22,23)24)59-78(80)99(84)77-58-71(97(19,20)21)48-54-79(77)106(81)73-50-44-69(45-51-73)95(13,14)15/h25-59H,1-24H3. The summed E-state index contributed by atoms with van der Waals surface area (Å²) in [5, 5.41) is 0. The molecule has 0 spiro atoms. The van der Waals surface area contributed by atoms with Crippen molar-refractivity contribution in [1.29, 1.82) is 0 Å². The summed E-state index contributed by atoms with van der Waals surface area (Å²) >= 11 is 0. The molecule has 12 aromatic rings. The average Bonchev–Trinajstić information content (AvgIpc) is 0.691. The number of aromatic nitrogens is 6. The highest BCUT2D eigenvalue weighted by Gasteiger charge is 2.45. The molecule has 542 valence electrons. The van der Waals surface area contributed by atoms with Gasteiger partial charge in [0.15, 0.2) is 34.9 Å². The average molecular weight is 1410 g/mol. The van der Waals surface area contributed by atoms with Crippen LogP contribution in [0.15, 0.2) is 212 Å². The van der Waals surface area contributed by atoms with Crippen LogP contribution in [0.1, 0.15) is 211 Å². The highest BCUT2D eigenvalue weighted by molar-refractivity contribution is 7.00. The van der Waals surface area contributed by atoms with E-state index in [0.717, 1.165) is 78.6 Å². The van der Waals surface area contributed by atoms with E-state index in [-0.39, 0.29) is 50.0 Å². The molecule has 0 unspecified atom stereocenters. The summed E-state index contributed by atoms with van der Waals surface area (Å²) in [4.78, 5) is 38.8. The highest BCUT2D eigenvalue weighted by atomic mass is 15.2. The quantitative estimate of drug-likeness (QED) is 0.132. The molecule has 0 N–H and O–H groups in total. The van der Waals surface area contributed by atoms with E-state index in [9.17, 15) is 0 Å². The third-order valence-electron chi connectivity index (χ3n) is 21.9. The van der Waals surface area contributed by atoms with Gasteiger partial charge in [-0.1, -0.05) is 330 Å². The van der Waals surface area contributed by atoms with Crippen molar-refractivity contribution in [3.63, 3.8) is 0 Å². The van der Waals surface area contributed by atoms with Crippen molar-refractivity contribution in [1.82, 2.24) is 29.9 Å². The van der Waals surface area contributed by atoms with Gasteiger partial charge in [0.2, 0.25) is 0 Å². The molecule has 8 nitrogen and oxygen atoms in total. The predicted molar refractivity (Wildman–Crippen MR) is 455 cm³/mol. The van der Waals surface area contributed by atoms with E-state index in [1.165, 1.54) is 60.9 Å². The van der Waals surface area contributed by atoms with Gasteiger partial charge in [-0.25, -0.2) is 29.9 Å². The van der Waals surface area contributed by atoms with E-state index in [0.29, 0.717) is 34.9 Å². The molecule has 0 saturated carbocycles. The minimum Gasteiger partial charge on any atom is -0.311 e. The fraction of sp³-hybridized carbons (Fsp3) is 0.327. The SMILES string of the molecule is CC(C)(C)c1ccc(-c2nc(-c3ccc(C(C)(C)C)cc3)nc(-c3cccc(-c4nc(-c5ccc(C(C)(C)C)cc5)nc(-c5ccc(C(C)(C)C)cc5)n4)c3-c3cc4c5c(c3)N(c3ccc(C(C)(C)C)cc3)c3ccc(C(C)(C)C)cc3B5c3cc(C(C)(C)C)ccc3N4c3ccc(C(C)(C)C)cc3)n2)cc1. The third kappa shape index (κ3) is 14.4. The van der Waals surface area contributed by atoms with Crippen LogP contribution in [-0.4, -0.2) is 36.6 Å². The van der Waals surface area contributed by atoms with Crippen molar-refractivity contribution in [3.8, 4) is 79.5 Å². The van der Waals surface area contributed by atoms with Crippen LogP contribution in [-0.2, 0) is 43.3 Å². The van der Waals surface area contributed by atoms with Crippen LogP contribution >= 0.6 is 0 Å². The van der Waals surface area contributed by atoms with Gasteiger partial charge >= 0.3 is 0 Å². The van der Waals surface area contributed by atoms with Gasteiger partial charge in [-0.2, -0.15) is 0 Å². The zero-order chi connectivity index (χ0) is 76.6. The summed E-state index contributed by atoms with van der Waals surface area (Å²) in [5.41, 5.74) is 26.5. The van der Waals surface area contributed by atoms with Crippen LogP contribution in [0.25, 0.3) is 79.5 Å². The van der Waals surface area contributed by atoms with Gasteiger partial charge in [0.1, 0.15) is 0 Å². The Hall–Kier alpha value is -10.1. The summed E-state index contributed by atoms with van der Waals surface area (Å²) in [6, 6.07) is 79.7. The molecule has 0 atom stereocenters. The molecule has 0 radical (unpaired) electrons. The van der Waals surface area contributed by atoms with Crippen LogP contribution in [0, 0.1) is 0 Å². The van der Waals surface area contributed by atoms with Crippen LogP contribution in [0.3, 0.4) is 0 Å². The molecule has 2 aliphatic heterocycles. The van der Waals surface area contributed by atoms with Crippen molar-refractivity contribution >= 4 is 57.2 Å². The molecule has 0 fully saturated rings. The molecular formula is C98H107BN8. The van der Waals surface area contributed by atoms with Gasteiger partial charge in [-0.05, 0) is 158 Å². The fourth-order valence-corrected chi connectivity index (χ4v) is 15.1. The molecule has 4 heterocycles. The zero-order valence-corrected chi connectivity index (χ0v) is 67.9. The van der Waals surface area contributed by atoms with Gasteiger partial charge in [0.05, 0.1) is 0 Å². The topological polar surface area (TPSA) is 83.8 Å². The number of hydrogen-bond donors (Lipinski definition) is 0. The summed E-state index contributed by atoms with van der Waals surface area (Å²) in [5.74, 6) is 3.30. The molecule has 0 amide bonds. The molecule has 0 aliphatic carbocycles. The first kappa shape index (κ1) is 73.8. The Morgan fingerprint density at radius 1 is 0.224 bits per heavy atom. The van der Waals surface area contributed by atoms with Crippen molar-refractivity contribution in [2.75, 3.05) is 9.80 Å². The number of fused-ring (bicyclic) bond motifs is 4. The first-order valence-electron chi connectivity index (χ1n) is 38.4. The number of rotatable bonds is 9. The van der Waals surface area contributed by atoms with Crippen molar-refractivity contribution in [3.05, 3.63) is 257 Å². The largest absolute Gasteiger partial charge is 0.311 e. The zero-order valence-electron chi connectivity index (χ0n) is 67.9. The maximum atomic E-state index is 5.71. The highest BCUT2D eigenvalue weighted by Crippen LogP contribution is 2.51. The lowest BCUT2D eigenvalue weighted by Gasteiger charge is -2.45. The number of hydrogen-bond acceptors (Lipinski definition) is 8. The molecule has 9 heteroatoms. The molecular weight excluding hydrogens is 1300 g/mol. The summed E-state index contributed by atoms with van der Waals surface area (Å²) in [7, 11) is 0. The Morgan fingerprint density at radius 2 is 0.458 bits per heavy atom. The number of nitrogens with zero attached hydrogens (tertiary/aromatic N) is 8. The third-order valence-corrected chi connectivity index (χ3v) is 21.9. The van der Waals surface area contributed by atoms with E-state index < -0.39 is 0 Å². The first-order chi connectivity index (χ1) is 50.1. The maximum absolute atomic E-state index is 5.71. The summed E-state index contributed by atoms with van der Waals surface area (Å²) in [6.07, 6.45) is 0.